The summed E-state index contributed by atoms with van der Waals surface area (Å²) < 4.78 is 6.55. The second-order valence-corrected chi connectivity index (χ2v) is 6.37. The fraction of sp³-hybridized carbons (Fsp3) is 0.235. The molecule has 0 aliphatic rings. The normalized spacial score (nSPS) is 11.9. The van der Waals surface area contributed by atoms with Gasteiger partial charge in [-0.1, -0.05) is 18.2 Å². The Kier molecular flexibility index (Phi) is 5.42. The van der Waals surface area contributed by atoms with E-state index in [9.17, 15) is 9.90 Å². The first kappa shape index (κ1) is 17.1. The van der Waals surface area contributed by atoms with Crippen molar-refractivity contribution in [3.8, 4) is 5.75 Å². The molecular formula is C17H18N4O3S. The Labute approximate surface area is 148 Å². The van der Waals surface area contributed by atoms with Gasteiger partial charge in [0.1, 0.15) is 12.1 Å². The number of ether oxygens (including phenoxy) is 1. The summed E-state index contributed by atoms with van der Waals surface area (Å²) in [6, 6.07) is 11.0. The van der Waals surface area contributed by atoms with E-state index in [1.807, 2.05) is 17.5 Å². The van der Waals surface area contributed by atoms with E-state index in [4.69, 9.17) is 4.74 Å². The Morgan fingerprint density at radius 2 is 2.16 bits per heavy atom. The number of aliphatic hydroxyl groups is 1. The minimum atomic E-state index is -0.755. The van der Waals surface area contributed by atoms with Gasteiger partial charge in [-0.2, -0.15) is 0 Å². The van der Waals surface area contributed by atoms with Crippen molar-refractivity contribution in [3.05, 3.63) is 64.4 Å². The van der Waals surface area contributed by atoms with Gasteiger partial charge in [-0.15, -0.1) is 16.4 Å². The van der Waals surface area contributed by atoms with Crippen molar-refractivity contribution in [1.82, 2.24) is 20.1 Å². The molecule has 0 saturated heterocycles. The number of carbonyl (C=O) groups excluding carboxylic acids is 1. The Morgan fingerprint density at radius 1 is 1.36 bits per heavy atom. The number of hydrogen-bond donors (Lipinski definition) is 2. The standard InChI is InChI=1S/C17H18N4O3S/c1-24-13-6-4-12(5-7-13)15(22)10-21-11-19-16(20-21)17(23)18-9-14-3-2-8-25-14/h2-8,11,15,22H,9-10H2,1H3,(H,18,23)/t15-/m0/s1. The zero-order chi connectivity index (χ0) is 17.6. The molecule has 0 unspecified atom stereocenters. The summed E-state index contributed by atoms with van der Waals surface area (Å²) in [7, 11) is 1.59. The Hall–Kier alpha value is -2.71. The van der Waals surface area contributed by atoms with Crippen molar-refractivity contribution in [2.75, 3.05) is 7.11 Å². The van der Waals surface area contributed by atoms with Crippen molar-refractivity contribution in [2.45, 2.75) is 19.2 Å². The van der Waals surface area contributed by atoms with E-state index in [0.717, 1.165) is 16.2 Å². The van der Waals surface area contributed by atoms with Crippen LogP contribution in [0.25, 0.3) is 0 Å². The molecule has 0 bridgehead atoms. The van der Waals surface area contributed by atoms with Crippen LogP contribution in [0.1, 0.15) is 27.2 Å². The predicted molar refractivity (Wildman–Crippen MR) is 93.5 cm³/mol. The van der Waals surface area contributed by atoms with Crippen LogP contribution in [0.2, 0.25) is 0 Å². The number of nitrogens with zero attached hydrogens (tertiary/aromatic N) is 3. The highest BCUT2D eigenvalue weighted by molar-refractivity contribution is 7.09. The second-order valence-electron chi connectivity index (χ2n) is 5.34. The first-order valence-corrected chi connectivity index (χ1v) is 8.55. The molecule has 0 aliphatic carbocycles. The molecule has 0 fully saturated rings. The van der Waals surface area contributed by atoms with E-state index in [0.29, 0.717) is 6.54 Å². The van der Waals surface area contributed by atoms with Crippen LogP contribution in [-0.2, 0) is 13.1 Å². The Balaban J connectivity index is 1.57. The minimum absolute atomic E-state index is 0.0819. The third-order valence-corrected chi connectivity index (χ3v) is 4.48. The number of hydrogen-bond acceptors (Lipinski definition) is 6. The van der Waals surface area contributed by atoms with Gasteiger partial charge in [-0.05, 0) is 29.1 Å². The SMILES string of the molecule is COc1ccc([C@@H](O)Cn2cnc(C(=O)NCc3cccs3)n2)cc1. The first-order valence-electron chi connectivity index (χ1n) is 7.68. The largest absolute Gasteiger partial charge is 0.497 e. The van der Waals surface area contributed by atoms with Crippen molar-refractivity contribution >= 4 is 17.2 Å². The van der Waals surface area contributed by atoms with Crippen LogP contribution in [0, 0.1) is 0 Å². The van der Waals surface area contributed by atoms with Crippen molar-refractivity contribution in [3.63, 3.8) is 0 Å². The van der Waals surface area contributed by atoms with Crippen molar-refractivity contribution in [1.29, 1.82) is 0 Å². The quantitative estimate of drug-likeness (QED) is 0.674. The summed E-state index contributed by atoms with van der Waals surface area (Å²) in [5.41, 5.74) is 0.736. The first-order chi connectivity index (χ1) is 12.2. The van der Waals surface area contributed by atoms with E-state index in [1.54, 1.807) is 42.7 Å². The van der Waals surface area contributed by atoms with Gasteiger partial charge in [0, 0.05) is 4.88 Å². The maximum Gasteiger partial charge on any atom is 0.291 e. The highest BCUT2D eigenvalue weighted by atomic mass is 32.1. The lowest BCUT2D eigenvalue weighted by Gasteiger charge is -2.11. The van der Waals surface area contributed by atoms with E-state index in [1.165, 1.54) is 11.0 Å². The fourth-order valence-electron chi connectivity index (χ4n) is 2.25. The number of methoxy groups -OCH3 is 1. The summed E-state index contributed by atoms with van der Waals surface area (Å²) in [5.74, 6) is 0.464. The van der Waals surface area contributed by atoms with E-state index >= 15 is 0 Å². The molecule has 1 amide bonds. The Bertz CT molecular complexity index is 815. The molecule has 2 N–H and O–H groups in total. The van der Waals surface area contributed by atoms with Crippen LogP contribution < -0.4 is 10.1 Å². The summed E-state index contributed by atoms with van der Waals surface area (Å²) in [4.78, 5) is 17.1. The number of aromatic nitrogens is 3. The monoisotopic (exact) mass is 358 g/mol. The van der Waals surface area contributed by atoms with Gasteiger partial charge in [-0.3, -0.25) is 4.79 Å². The molecule has 0 aliphatic heterocycles. The molecule has 130 valence electrons. The number of nitrogens with one attached hydrogen (secondary N) is 1. The molecule has 1 aromatic carbocycles. The van der Waals surface area contributed by atoms with Crippen molar-refractivity contribution < 1.29 is 14.6 Å². The molecule has 7 nitrogen and oxygen atoms in total. The van der Waals surface area contributed by atoms with Crippen LogP contribution in [0.3, 0.4) is 0 Å². The van der Waals surface area contributed by atoms with Gasteiger partial charge in [0.2, 0.25) is 5.82 Å². The lowest BCUT2D eigenvalue weighted by molar-refractivity contribution is 0.0939. The van der Waals surface area contributed by atoms with Crippen LogP contribution in [0.4, 0.5) is 0 Å². The highest BCUT2D eigenvalue weighted by Gasteiger charge is 2.14. The fourth-order valence-corrected chi connectivity index (χ4v) is 2.90. The number of rotatable bonds is 7. The number of thiophene rings is 1. The van der Waals surface area contributed by atoms with Gasteiger partial charge >= 0.3 is 0 Å². The van der Waals surface area contributed by atoms with Crippen molar-refractivity contribution in [2.24, 2.45) is 0 Å². The summed E-state index contributed by atoms with van der Waals surface area (Å²) in [6.45, 7) is 0.650. The van der Waals surface area contributed by atoms with Gasteiger partial charge < -0.3 is 15.2 Å². The Morgan fingerprint density at radius 3 is 2.84 bits per heavy atom. The highest BCUT2D eigenvalue weighted by Crippen LogP contribution is 2.18. The summed E-state index contributed by atoms with van der Waals surface area (Å²) in [6.07, 6.45) is 0.682. The molecule has 0 saturated carbocycles. The lowest BCUT2D eigenvalue weighted by atomic mass is 10.1. The number of carbonyl (C=O) groups is 1. The molecule has 8 heteroatoms. The smallest absolute Gasteiger partial charge is 0.291 e. The molecule has 0 spiro atoms. The van der Waals surface area contributed by atoms with Gasteiger partial charge in [0.25, 0.3) is 5.91 Å². The molecule has 3 rings (SSSR count). The lowest BCUT2D eigenvalue weighted by Crippen LogP contribution is -2.24. The van der Waals surface area contributed by atoms with Crippen LogP contribution in [0.5, 0.6) is 5.75 Å². The van der Waals surface area contributed by atoms with E-state index in [2.05, 4.69) is 15.4 Å². The summed E-state index contributed by atoms with van der Waals surface area (Å²) >= 11 is 1.57. The topological polar surface area (TPSA) is 89.3 Å². The van der Waals surface area contributed by atoms with Gasteiger partial charge in [-0.25, -0.2) is 9.67 Å². The average molecular weight is 358 g/mol. The average Bonchev–Trinajstić information content (AvgIpc) is 3.31. The van der Waals surface area contributed by atoms with Crippen LogP contribution in [0.15, 0.2) is 48.1 Å². The number of benzene rings is 1. The molecule has 0 radical (unpaired) electrons. The molecule has 2 aromatic heterocycles. The summed E-state index contributed by atoms with van der Waals surface area (Å²) in [5, 5.41) is 19.1. The van der Waals surface area contributed by atoms with Gasteiger partial charge in [0.15, 0.2) is 0 Å². The minimum Gasteiger partial charge on any atom is -0.497 e. The molecule has 1 atom stereocenters. The second kappa shape index (κ2) is 7.91. The van der Waals surface area contributed by atoms with Crippen LogP contribution in [-0.4, -0.2) is 32.9 Å². The van der Waals surface area contributed by atoms with Gasteiger partial charge in [0.05, 0.1) is 26.3 Å². The number of aliphatic hydroxyl groups excluding tert-OH is 1. The molecule has 25 heavy (non-hydrogen) atoms. The zero-order valence-corrected chi connectivity index (χ0v) is 14.4. The predicted octanol–water partition coefficient (Wildman–Crippen LogP) is 2.01. The van der Waals surface area contributed by atoms with E-state index < -0.39 is 6.10 Å². The third-order valence-electron chi connectivity index (χ3n) is 3.60. The molecule has 2 heterocycles. The maximum atomic E-state index is 12.1. The molecule has 3 aromatic rings. The third kappa shape index (κ3) is 4.43. The van der Waals surface area contributed by atoms with E-state index in [-0.39, 0.29) is 18.3 Å². The zero-order valence-electron chi connectivity index (χ0n) is 13.6. The maximum absolute atomic E-state index is 12.1. The number of amides is 1. The van der Waals surface area contributed by atoms with Crippen LogP contribution >= 0.6 is 11.3 Å². The molecular weight excluding hydrogens is 340 g/mol.